The first-order chi connectivity index (χ1) is 11.7. The molecule has 0 aliphatic carbocycles. The molecule has 0 amide bonds. The van der Waals surface area contributed by atoms with E-state index < -0.39 is 6.10 Å². The van der Waals surface area contributed by atoms with Crippen molar-refractivity contribution in [2.45, 2.75) is 31.0 Å². The monoisotopic (exact) mass is 349 g/mol. The zero-order valence-electron chi connectivity index (χ0n) is 14.0. The molecule has 0 fully saturated rings. The van der Waals surface area contributed by atoms with Crippen LogP contribution in [0.3, 0.4) is 0 Å². The van der Waals surface area contributed by atoms with Crippen molar-refractivity contribution in [3.05, 3.63) is 42.2 Å². The zero-order chi connectivity index (χ0) is 17.4. The van der Waals surface area contributed by atoms with Gasteiger partial charge in [0.25, 0.3) is 0 Å². The van der Waals surface area contributed by atoms with Crippen molar-refractivity contribution in [1.29, 1.82) is 0 Å². The Balaban J connectivity index is 1.84. The average molecular weight is 349 g/mol. The largest absolute Gasteiger partial charge is 0.493 e. The number of aromatic amines is 1. The molecule has 1 heterocycles. The number of H-pyrrole nitrogens is 1. The summed E-state index contributed by atoms with van der Waals surface area (Å²) in [4.78, 5) is 4.29. The highest BCUT2D eigenvalue weighted by Crippen LogP contribution is 2.28. The molecule has 0 saturated carbocycles. The number of aliphatic hydroxyl groups excluding tert-OH is 1. The number of aryl methyl sites for hydroxylation is 1. The number of ether oxygens (including phenoxy) is 2. The van der Waals surface area contributed by atoms with Gasteiger partial charge in [-0.15, -0.1) is 11.7 Å². The number of aliphatic hydroxyl groups is 1. The average Bonchev–Trinajstić information content (AvgIpc) is 3.07. The number of allylic oxidation sites excluding steroid dienone is 1. The lowest BCUT2D eigenvalue weighted by Crippen LogP contribution is -2.20. The molecule has 0 aliphatic rings. The normalized spacial score (nSPS) is 12.0. The van der Waals surface area contributed by atoms with Crippen LogP contribution >= 0.6 is 11.8 Å². The van der Waals surface area contributed by atoms with Crippen molar-refractivity contribution < 1.29 is 14.6 Å². The van der Waals surface area contributed by atoms with Gasteiger partial charge in [-0.1, -0.05) is 30.8 Å². The summed E-state index contributed by atoms with van der Waals surface area (Å²) in [5, 5.41) is 17.6. The first kappa shape index (κ1) is 18.4. The minimum atomic E-state index is -0.629. The number of nitrogens with zero attached hydrogens (tertiary/aromatic N) is 2. The van der Waals surface area contributed by atoms with E-state index >= 15 is 0 Å². The highest BCUT2D eigenvalue weighted by molar-refractivity contribution is 7.99. The lowest BCUT2D eigenvalue weighted by molar-refractivity contribution is 0.124. The van der Waals surface area contributed by atoms with Crippen LogP contribution in [0, 0.1) is 0 Å². The van der Waals surface area contributed by atoms with Gasteiger partial charge in [0.15, 0.2) is 11.5 Å². The maximum Gasteiger partial charge on any atom is 0.208 e. The number of hydrogen-bond acceptors (Lipinski definition) is 6. The van der Waals surface area contributed by atoms with E-state index in [4.69, 9.17) is 9.47 Å². The summed E-state index contributed by atoms with van der Waals surface area (Å²) in [5.74, 6) is 2.56. The number of methoxy groups -OCH3 is 1. The first-order valence-electron chi connectivity index (χ1n) is 7.79. The van der Waals surface area contributed by atoms with Crippen LogP contribution in [0.1, 0.15) is 18.3 Å². The molecule has 2 rings (SSSR count). The van der Waals surface area contributed by atoms with Gasteiger partial charge in [0.2, 0.25) is 5.16 Å². The Labute approximate surface area is 146 Å². The fraction of sp³-hybridized carbons (Fsp3) is 0.412. The van der Waals surface area contributed by atoms with Gasteiger partial charge >= 0.3 is 0 Å². The highest BCUT2D eigenvalue weighted by atomic mass is 32.2. The van der Waals surface area contributed by atoms with Crippen LogP contribution in [-0.2, 0) is 12.8 Å². The van der Waals surface area contributed by atoms with Crippen molar-refractivity contribution >= 4 is 11.8 Å². The maximum atomic E-state index is 10.1. The van der Waals surface area contributed by atoms with Gasteiger partial charge in [-0.25, -0.2) is 4.98 Å². The molecule has 2 aromatic rings. The Kier molecular flexibility index (Phi) is 7.14. The third-order valence-corrected chi connectivity index (χ3v) is 4.28. The highest BCUT2D eigenvalue weighted by Gasteiger charge is 2.11. The Morgan fingerprint density at radius 1 is 1.42 bits per heavy atom. The van der Waals surface area contributed by atoms with Gasteiger partial charge in [-0.3, -0.25) is 5.10 Å². The third kappa shape index (κ3) is 5.28. The third-order valence-electron chi connectivity index (χ3n) is 3.29. The Hall–Kier alpha value is -1.99. The van der Waals surface area contributed by atoms with Gasteiger partial charge in [0, 0.05) is 12.2 Å². The summed E-state index contributed by atoms with van der Waals surface area (Å²) in [7, 11) is 1.60. The molecule has 1 aromatic heterocycles. The lowest BCUT2D eigenvalue weighted by Gasteiger charge is -2.14. The summed E-state index contributed by atoms with van der Waals surface area (Å²) < 4.78 is 11.0. The van der Waals surface area contributed by atoms with E-state index in [9.17, 15) is 5.11 Å². The lowest BCUT2D eigenvalue weighted by atomic mass is 10.1. The number of benzene rings is 1. The van der Waals surface area contributed by atoms with Crippen LogP contribution in [0.4, 0.5) is 0 Å². The molecule has 2 N–H and O–H groups in total. The smallest absolute Gasteiger partial charge is 0.208 e. The first-order valence-corrected chi connectivity index (χ1v) is 8.77. The Morgan fingerprint density at radius 2 is 2.25 bits per heavy atom. The molecule has 0 spiro atoms. The van der Waals surface area contributed by atoms with Crippen LogP contribution in [0.15, 0.2) is 36.0 Å². The fourth-order valence-corrected chi connectivity index (χ4v) is 2.75. The summed E-state index contributed by atoms with van der Waals surface area (Å²) in [6.45, 7) is 5.91. The minimum absolute atomic E-state index is 0.176. The molecular weight excluding hydrogens is 326 g/mol. The predicted molar refractivity (Wildman–Crippen MR) is 94.9 cm³/mol. The molecule has 1 atom stereocenters. The molecule has 0 bridgehead atoms. The van der Waals surface area contributed by atoms with E-state index in [-0.39, 0.29) is 6.61 Å². The summed E-state index contributed by atoms with van der Waals surface area (Å²) in [5.41, 5.74) is 1.10. The van der Waals surface area contributed by atoms with Gasteiger partial charge in [-0.05, 0) is 24.1 Å². The van der Waals surface area contributed by atoms with Crippen LogP contribution in [0.2, 0.25) is 0 Å². The minimum Gasteiger partial charge on any atom is -0.493 e. The van der Waals surface area contributed by atoms with Crippen LogP contribution < -0.4 is 9.47 Å². The molecule has 6 nitrogen and oxygen atoms in total. The van der Waals surface area contributed by atoms with E-state index in [2.05, 4.69) is 21.8 Å². The Morgan fingerprint density at radius 3 is 2.92 bits per heavy atom. The molecule has 1 aromatic carbocycles. The second-order valence-corrected chi connectivity index (χ2v) is 6.16. The van der Waals surface area contributed by atoms with Crippen molar-refractivity contribution in [3.8, 4) is 11.5 Å². The van der Waals surface area contributed by atoms with Gasteiger partial charge < -0.3 is 14.6 Å². The van der Waals surface area contributed by atoms with Crippen molar-refractivity contribution in [2.24, 2.45) is 0 Å². The second kappa shape index (κ2) is 9.34. The van der Waals surface area contributed by atoms with Crippen molar-refractivity contribution in [2.75, 3.05) is 19.5 Å². The summed E-state index contributed by atoms with van der Waals surface area (Å²) in [6.07, 6.45) is 2.78. The van der Waals surface area contributed by atoms with E-state index in [1.165, 1.54) is 11.8 Å². The van der Waals surface area contributed by atoms with Gasteiger partial charge in [0.1, 0.15) is 12.4 Å². The number of thioether (sulfide) groups is 1. The number of hydrogen-bond donors (Lipinski definition) is 2. The number of rotatable bonds is 10. The van der Waals surface area contributed by atoms with Gasteiger partial charge in [-0.2, -0.15) is 0 Å². The topological polar surface area (TPSA) is 80.3 Å². The van der Waals surface area contributed by atoms with Crippen LogP contribution in [0.5, 0.6) is 11.5 Å². The fourth-order valence-electron chi connectivity index (χ4n) is 2.03. The van der Waals surface area contributed by atoms with Crippen LogP contribution in [-0.4, -0.2) is 45.9 Å². The van der Waals surface area contributed by atoms with Crippen LogP contribution in [0.25, 0.3) is 0 Å². The SMILES string of the molecule is C=CCc1ccc(OC[C@@H](O)CSc2n[nH]c(CC)n2)c(OC)c1. The van der Waals surface area contributed by atoms with E-state index in [0.29, 0.717) is 22.4 Å². The predicted octanol–water partition coefficient (Wildman–Crippen LogP) is 2.64. The zero-order valence-corrected chi connectivity index (χ0v) is 14.8. The molecule has 0 aliphatic heterocycles. The molecule has 24 heavy (non-hydrogen) atoms. The molecule has 0 saturated heterocycles. The van der Waals surface area contributed by atoms with Gasteiger partial charge in [0.05, 0.1) is 13.2 Å². The summed E-state index contributed by atoms with van der Waals surface area (Å²) >= 11 is 1.39. The maximum absolute atomic E-state index is 10.1. The Bertz CT molecular complexity index is 660. The van der Waals surface area contributed by atoms with E-state index in [1.54, 1.807) is 7.11 Å². The standard InChI is InChI=1S/C17H23N3O3S/c1-4-6-12-7-8-14(15(9-12)22-3)23-10-13(21)11-24-17-18-16(5-2)19-20-17/h4,7-9,13,21H,1,5-6,10-11H2,2-3H3,(H,18,19,20)/t13-/m1/s1. The van der Waals surface area contributed by atoms with E-state index in [0.717, 1.165) is 24.2 Å². The molecule has 130 valence electrons. The van der Waals surface area contributed by atoms with E-state index in [1.807, 2.05) is 31.2 Å². The molecule has 0 radical (unpaired) electrons. The molecule has 7 heteroatoms. The quantitative estimate of drug-likeness (QED) is 0.507. The second-order valence-electron chi connectivity index (χ2n) is 5.17. The summed E-state index contributed by atoms with van der Waals surface area (Å²) in [6, 6.07) is 5.72. The number of aromatic nitrogens is 3. The molecule has 0 unspecified atom stereocenters. The molecular formula is C17H23N3O3S. The van der Waals surface area contributed by atoms with Crippen molar-refractivity contribution in [3.63, 3.8) is 0 Å². The van der Waals surface area contributed by atoms with Crippen molar-refractivity contribution in [1.82, 2.24) is 15.2 Å². The number of nitrogens with one attached hydrogen (secondary N) is 1.